The van der Waals surface area contributed by atoms with Crippen LogP contribution in [0.4, 0.5) is 11.4 Å². The number of amides is 2. The molecule has 0 atom stereocenters. The minimum Gasteiger partial charge on any atom is -0.321 e. The number of carbonyl (C=O) groups is 2. The van der Waals surface area contributed by atoms with Gasteiger partial charge in [0, 0.05) is 22.7 Å². The fourth-order valence-corrected chi connectivity index (χ4v) is 1.99. The van der Waals surface area contributed by atoms with Gasteiger partial charge in [0.25, 0.3) is 17.5 Å². The molecule has 0 spiro atoms. The Balaban J connectivity index is 2.26. The van der Waals surface area contributed by atoms with Gasteiger partial charge in [0.15, 0.2) is 0 Å². The Kier molecular flexibility index (Phi) is 4.89. The summed E-state index contributed by atoms with van der Waals surface area (Å²) in [7, 11) is 0. The first-order valence-electron chi connectivity index (χ1n) is 6.28. The van der Waals surface area contributed by atoms with Gasteiger partial charge in [-0.3, -0.25) is 25.1 Å². The summed E-state index contributed by atoms with van der Waals surface area (Å²) >= 11 is 5.82. The molecule has 0 unspecified atom stereocenters. The van der Waals surface area contributed by atoms with E-state index in [1.165, 1.54) is 42.5 Å². The number of nitrogens with two attached hydrogens (primary N) is 1. The summed E-state index contributed by atoms with van der Waals surface area (Å²) in [5.74, 6) is 3.94. The van der Waals surface area contributed by atoms with Crippen LogP contribution in [-0.2, 0) is 0 Å². The number of carbonyl (C=O) groups excluding carboxylic acids is 2. The summed E-state index contributed by atoms with van der Waals surface area (Å²) in [6.07, 6.45) is 0. The lowest BCUT2D eigenvalue weighted by Gasteiger charge is -2.10. The number of hydrazine groups is 1. The molecule has 0 saturated carbocycles. The van der Waals surface area contributed by atoms with Gasteiger partial charge in [0.05, 0.1) is 16.2 Å². The van der Waals surface area contributed by atoms with Crippen LogP contribution < -0.4 is 16.6 Å². The molecule has 2 aromatic rings. The largest absolute Gasteiger partial charge is 0.321 e. The van der Waals surface area contributed by atoms with Gasteiger partial charge in [0.2, 0.25) is 0 Å². The van der Waals surface area contributed by atoms with Crippen LogP contribution in [0.3, 0.4) is 0 Å². The van der Waals surface area contributed by atoms with Crippen LogP contribution in [0.2, 0.25) is 5.02 Å². The zero-order valence-electron chi connectivity index (χ0n) is 11.6. The van der Waals surface area contributed by atoms with E-state index >= 15 is 0 Å². The van der Waals surface area contributed by atoms with Crippen LogP contribution in [-0.4, -0.2) is 16.7 Å². The molecule has 0 saturated heterocycles. The van der Waals surface area contributed by atoms with Gasteiger partial charge in [-0.05, 0) is 30.3 Å². The van der Waals surface area contributed by atoms with Gasteiger partial charge in [-0.15, -0.1) is 0 Å². The number of nitrogens with zero attached hydrogens (tertiary/aromatic N) is 1. The van der Waals surface area contributed by atoms with Crippen molar-refractivity contribution in [3.05, 3.63) is 68.7 Å². The molecule has 8 nitrogen and oxygen atoms in total. The van der Waals surface area contributed by atoms with E-state index in [0.717, 1.165) is 0 Å². The van der Waals surface area contributed by atoms with E-state index in [0.29, 0.717) is 5.02 Å². The molecular formula is C14H11ClN4O4. The predicted octanol–water partition coefficient (Wildman–Crippen LogP) is 2.10. The zero-order valence-corrected chi connectivity index (χ0v) is 12.3. The lowest BCUT2D eigenvalue weighted by molar-refractivity contribution is -0.384. The van der Waals surface area contributed by atoms with Crippen LogP contribution in [0.15, 0.2) is 42.5 Å². The Morgan fingerprint density at radius 1 is 1.09 bits per heavy atom. The second-order valence-corrected chi connectivity index (χ2v) is 4.86. The van der Waals surface area contributed by atoms with Gasteiger partial charge < -0.3 is 5.32 Å². The average Bonchev–Trinajstić information content (AvgIpc) is 2.55. The van der Waals surface area contributed by atoms with E-state index in [1.807, 2.05) is 5.43 Å². The van der Waals surface area contributed by atoms with Gasteiger partial charge >= 0.3 is 0 Å². The maximum absolute atomic E-state index is 12.2. The molecule has 2 amide bonds. The van der Waals surface area contributed by atoms with Gasteiger partial charge in [0.1, 0.15) is 0 Å². The van der Waals surface area contributed by atoms with Crippen LogP contribution in [0.1, 0.15) is 20.7 Å². The Hall–Kier alpha value is -2.97. The summed E-state index contributed by atoms with van der Waals surface area (Å²) in [6.45, 7) is 0. The highest BCUT2D eigenvalue weighted by molar-refractivity contribution is 6.31. The van der Waals surface area contributed by atoms with Crippen molar-refractivity contribution in [3.63, 3.8) is 0 Å². The van der Waals surface area contributed by atoms with Gasteiger partial charge in [-0.25, -0.2) is 5.84 Å². The number of rotatable bonds is 4. The SMILES string of the molecule is NNC(=O)c1cc(Cl)ccc1NC(=O)c1ccc([N+](=O)[O-])cc1. The van der Waals surface area contributed by atoms with Gasteiger partial charge in [-0.2, -0.15) is 0 Å². The maximum Gasteiger partial charge on any atom is 0.269 e. The monoisotopic (exact) mass is 334 g/mol. The molecule has 0 radical (unpaired) electrons. The third-order valence-corrected chi connectivity index (χ3v) is 3.18. The quantitative estimate of drug-likeness (QED) is 0.341. The second kappa shape index (κ2) is 6.86. The van der Waals surface area contributed by atoms with Crippen molar-refractivity contribution in [2.24, 2.45) is 5.84 Å². The highest BCUT2D eigenvalue weighted by atomic mass is 35.5. The third kappa shape index (κ3) is 3.82. The van der Waals surface area contributed by atoms with Crippen LogP contribution in [0.5, 0.6) is 0 Å². The summed E-state index contributed by atoms with van der Waals surface area (Å²) < 4.78 is 0. The first kappa shape index (κ1) is 16.4. The van der Waals surface area contributed by atoms with E-state index in [9.17, 15) is 19.7 Å². The molecule has 0 aliphatic rings. The van der Waals surface area contributed by atoms with Crippen molar-refractivity contribution in [1.82, 2.24) is 5.43 Å². The second-order valence-electron chi connectivity index (χ2n) is 4.42. The van der Waals surface area contributed by atoms with Crippen molar-refractivity contribution >= 4 is 34.8 Å². The summed E-state index contributed by atoms with van der Waals surface area (Å²) in [5, 5.41) is 13.4. The fraction of sp³-hybridized carbons (Fsp3) is 0. The number of nitrogens with one attached hydrogen (secondary N) is 2. The average molecular weight is 335 g/mol. The molecule has 0 aromatic heterocycles. The predicted molar refractivity (Wildman–Crippen MR) is 84.2 cm³/mol. The smallest absolute Gasteiger partial charge is 0.269 e. The molecule has 0 bridgehead atoms. The Morgan fingerprint density at radius 3 is 2.30 bits per heavy atom. The molecule has 2 aromatic carbocycles. The maximum atomic E-state index is 12.2. The molecule has 4 N–H and O–H groups in total. The lowest BCUT2D eigenvalue weighted by Crippen LogP contribution is -2.31. The molecule has 118 valence electrons. The number of anilines is 1. The molecule has 23 heavy (non-hydrogen) atoms. The summed E-state index contributed by atoms with van der Waals surface area (Å²) in [5.41, 5.74) is 2.33. The normalized spacial score (nSPS) is 10.0. The number of nitrogen functional groups attached to an aromatic ring is 1. The number of hydrogen-bond acceptors (Lipinski definition) is 5. The number of nitro benzene ring substituents is 1. The first-order valence-corrected chi connectivity index (χ1v) is 6.66. The highest BCUT2D eigenvalue weighted by Gasteiger charge is 2.15. The van der Waals surface area contributed by atoms with Crippen LogP contribution >= 0.6 is 11.6 Å². The Bertz CT molecular complexity index is 777. The van der Waals surface area contributed by atoms with Gasteiger partial charge in [-0.1, -0.05) is 11.6 Å². The molecule has 0 aliphatic carbocycles. The first-order chi connectivity index (χ1) is 10.9. The van der Waals surface area contributed by atoms with Crippen LogP contribution in [0, 0.1) is 10.1 Å². The number of benzene rings is 2. The standard InChI is InChI=1S/C14H11ClN4O4/c15-9-3-6-12(11(7-9)14(21)18-16)17-13(20)8-1-4-10(5-2-8)19(22)23/h1-7H,16H2,(H,17,20)(H,18,21). The van der Waals surface area contributed by atoms with Crippen molar-refractivity contribution < 1.29 is 14.5 Å². The third-order valence-electron chi connectivity index (χ3n) is 2.95. The lowest BCUT2D eigenvalue weighted by atomic mass is 10.1. The minimum atomic E-state index is -0.619. The van der Waals surface area contributed by atoms with Crippen molar-refractivity contribution in [2.75, 3.05) is 5.32 Å². The molecule has 2 rings (SSSR count). The molecule has 9 heteroatoms. The molecule has 0 heterocycles. The van der Waals surface area contributed by atoms with E-state index in [-0.39, 0.29) is 22.5 Å². The minimum absolute atomic E-state index is 0.0928. The molecule has 0 fully saturated rings. The summed E-state index contributed by atoms with van der Waals surface area (Å²) in [6, 6.07) is 9.36. The number of nitro groups is 1. The topological polar surface area (TPSA) is 127 Å². The Morgan fingerprint density at radius 2 is 1.74 bits per heavy atom. The number of non-ortho nitro benzene ring substituents is 1. The van der Waals surface area contributed by atoms with Crippen molar-refractivity contribution in [1.29, 1.82) is 0 Å². The van der Waals surface area contributed by atoms with E-state index in [2.05, 4.69) is 5.32 Å². The fourth-order valence-electron chi connectivity index (χ4n) is 1.82. The van der Waals surface area contributed by atoms with E-state index < -0.39 is 16.7 Å². The Labute approximate surface area is 135 Å². The van der Waals surface area contributed by atoms with E-state index in [4.69, 9.17) is 17.4 Å². The number of halogens is 1. The number of hydrogen-bond donors (Lipinski definition) is 3. The van der Waals surface area contributed by atoms with Crippen LogP contribution in [0.25, 0.3) is 0 Å². The van der Waals surface area contributed by atoms with Crippen molar-refractivity contribution in [3.8, 4) is 0 Å². The van der Waals surface area contributed by atoms with E-state index in [1.54, 1.807) is 0 Å². The summed E-state index contributed by atoms with van der Waals surface area (Å²) in [4.78, 5) is 33.9. The molecule has 0 aliphatic heterocycles. The molecular weight excluding hydrogens is 324 g/mol. The highest BCUT2D eigenvalue weighted by Crippen LogP contribution is 2.22. The zero-order chi connectivity index (χ0) is 17.0. The van der Waals surface area contributed by atoms with Crippen molar-refractivity contribution in [2.45, 2.75) is 0 Å².